The lowest BCUT2D eigenvalue weighted by molar-refractivity contribution is -0.123. The van der Waals surface area contributed by atoms with Crippen LogP contribution in [-0.2, 0) is 16.1 Å². The molecule has 1 heterocycles. The molecule has 0 unspecified atom stereocenters. The Morgan fingerprint density at radius 1 is 1.00 bits per heavy atom. The third-order valence-corrected chi connectivity index (χ3v) is 4.83. The van der Waals surface area contributed by atoms with Gasteiger partial charge < -0.3 is 0 Å². The number of benzene rings is 2. The first-order valence-electron chi connectivity index (χ1n) is 8.55. The molecule has 2 amide bonds. The molecule has 2 fully saturated rings. The molecule has 4 nitrogen and oxygen atoms in total. The number of carbonyl (C=O) groups excluding carboxylic acids is 2. The molecule has 0 bridgehead atoms. The standard InChI is InChI=1S/C20H19FN2O2/c21-15-6-8-17(9-7-15)23-19(24)12-18(20(23)25)22(16-10-11-16)13-14-4-2-1-3-5-14/h1-9,16,18H,10-13H2/t18-/m0/s1. The number of hydrogen-bond acceptors (Lipinski definition) is 3. The lowest BCUT2D eigenvalue weighted by atomic mass is 10.1. The molecule has 4 rings (SSSR count). The Balaban J connectivity index is 1.58. The highest BCUT2D eigenvalue weighted by Crippen LogP contribution is 2.35. The van der Waals surface area contributed by atoms with Gasteiger partial charge in [-0.3, -0.25) is 14.5 Å². The molecule has 0 radical (unpaired) electrons. The van der Waals surface area contributed by atoms with Crippen molar-refractivity contribution in [2.45, 2.75) is 37.9 Å². The van der Waals surface area contributed by atoms with Crippen molar-refractivity contribution in [2.75, 3.05) is 4.90 Å². The van der Waals surface area contributed by atoms with Gasteiger partial charge in [0.05, 0.1) is 18.2 Å². The predicted molar refractivity (Wildman–Crippen MR) is 92.3 cm³/mol. The van der Waals surface area contributed by atoms with Crippen LogP contribution < -0.4 is 4.90 Å². The second-order valence-corrected chi connectivity index (χ2v) is 6.65. The fourth-order valence-corrected chi connectivity index (χ4v) is 3.43. The van der Waals surface area contributed by atoms with Gasteiger partial charge in [0.25, 0.3) is 5.91 Å². The maximum Gasteiger partial charge on any atom is 0.251 e. The summed E-state index contributed by atoms with van der Waals surface area (Å²) in [6, 6.07) is 15.4. The van der Waals surface area contributed by atoms with Crippen LogP contribution in [0.4, 0.5) is 10.1 Å². The fourth-order valence-electron chi connectivity index (χ4n) is 3.43. The van der Waals surface area contributed by atoms with Crippen LogP contribution in [0, 0.1) is 5.82 Å². The van der Waals surface area contributed by atoms with Crippen molar-refractivity contribution in [1.82, 2.24) is 4.90 Å². The third kappa shape index (κ3) is 3.20. The van der Waals surface area contributed by atoms with Crippen molar-refractivity contribution in [3.63, 3.8) is 0 Å². The zero-order chi connectivity index (χ0) is 17.4. The summed E-state index contributed by atoms with van der Waals surface area (Å²) in [5.74, 6) is -0.817. The van der Waals surface area contributed by atoms with Crippen LogP contribution in [0.3, 0.4) is 0 Å². The van der Waals surface area contributed by atoms with Gasteiger partial charge in [-0.15, -0.1) is 0 Å². The van der Waals surface area contributed by atoms with Crippen LogP contribution in [0.15, 0.2) is 54.6 Å². The molecule has 1 aliphatic heterocycles. The van der Waals surface area contributed by atoms with E-state index in [4.69, 9.17) is 0 Å². The molecule has 1 saturated heterocycles. The molecule has 0 aromatic heterocycles. The van der Waals surface area contributed by atoms with Gasteiger partial charge in [0.2, 0.25) is 5.91 Å². The molecular weight excluding hydrogens is 319 g/mol. The molecule has 128 valence electrons. The van der Waals surface area contributed by atoms with Crippen molar-refractivity contribution >= 4 is 17.5 Å². The van der Waals surface area contributed by atoms with E-state index in [0.29, 0.717) is 18.3 Å². The largest absolute Gasteiger partial charge is 0.284 e. The second-order valence-electron chi connectivity index (χ2n) is 6.65. The molecule has 1 aliphatic carbocycles. The van der Waals surface area contributed by atoms with Gasteiger partial charge in [-0.2, -0.15) is 0 Å². The number of carbonyl (C=O) groups is 2. The molecule has 2 aliphatic rings. The van der Waals surface area contributed by atoms with Crippen molar-refractivity contribution < 1.29 is 14.0 Å². The highest BCUT2D eigenvalue weighted by Gasteiger charge is 2.46. The smallest absolute Gasteiger partial charge is 0.251 e. The summed E-state index contributed by atoms with van der Waals surface area (Å²) in [4.78, 5) is 28.8. The highest BCUT2D eigenvalue weighted by atomic mass is 19.1. The first-order valence-corrected chi connectivity index (χ1v) is 8.55. The predicted octanol–water partition coefficient (Wildman–Crippen LogP) is 3.12. The van der Waals surface area contributed by atoms with Crippen LogP contribution >= 0.6 is 0 Å². The third-order valence-electron chi connectivity index (χ3n) is 4.83. The molecule has 5 heteroatoms. The zero-order valence-electron chi connectivity index (χ0n) is 13.8. The minimum Gasteiger partial charge on any atom is -0.284 e. The summed E-state index contributed by atoms with van der Waals surface area (Å²) < 4.78 is 13.1. The molecule has 1 saturated carbocycles. The van der Waals surface area contributed by atoms with E-state index in [9.17, 15) is 14.0 Å². The molecule has 1 atom stereocenters. The van der Waals surface area contributed by atoms with Gasteiger partial charge in [-0.1, -0.05) is 30.3 Å². The Morgan fingerprint density at radius 3 is 2.32 bits per heavy atom. The average Bonchev–Trinajstić information content (AvgIpc) is 3.41. The Morgan fingerprint density at radius 2 is 1.68 bits per heavy atom. The van der Waals surface area contributed by atoms with E-state index < -0.39 is 6.04 Å². The average molecular weight is 338 g/mol. The summed E-state index contributed by atoms with van der Waals surface area (Å²) in [6.45, 7) is 0.659. The summed E-state index contributed by atoms with van der Waals surface area (Å²) >= 11 is 0. The van der Waals surface area contributed by atoms with Crippen molar-refractivity contribution in [2.24, 2.45) is 0 Å². The number of hydrogen-bond donors (Lipinski definition) is 0. The van der Waals surface area contributed by atoms with Crippen LogP contribution in [-0.4, -0.2) is 28.8 Å². The Bertz CT molecular complexity index is 787. The topological polar surface area (TPSA) is 40.6 Å². The monoisotopic (exact) mass is 338 g/mol. The fraction of sp³-hybridized carbons (Fsp3) is 0.300. The van der Waals surface area contributed by atoms with Crippen molar-refractivity contribution in [3.05, 3.63) is 66.0 Å². The lowest BCUT2D eigenvalue weighted by Crippen LogP contribution is -2.43. The van der Waals surface area contributed by atoms with E-state index >= 15 is 0 Å². The summed E-state index contributed by atoms with van der Waals surface area (Å²) in [5, 5.41) is 0. The molecule has 2 aromatic rings. The number of amides is 2. The normalized spacial score (nSPS) is 20.6. The van der Waals surface area contributed by atoms with Crippen molar-refractivity contribution in [3.8, 4) is 0 Å². The minimum absolute atomic E-state index is 0.180. The first-order chi connectivity index (χ1) is 12.1. The van der Waals surface area contributed by atoms with Crippen LogP contribution in [0.1, 0.15) is 24.8 Å². The Kier molecular flexibility index (Phi) is 4.09. The lowest BCUT2D eigenvalue weighted by Gasteiger charge is -2.27. The summed E-state index contributed by atoms with van der Waals surface area (Å²) in [5.41, 5.74) is 1.57. The van der Waals surface area contributed by atoms with Crippen LogP contribution in [0.5, 0.6) is 0 Å². The van der Waals surface area contributed by atoms with E-state index in [1.165, 1.54) is 29.2 Å². The number of imide groups is 1. The summed E-state index contributed by atoms with van der Waals surface area (Å²) in [6.07, 6.45) is 2.29. The Hall–Kier alpha value is -2.53. The van der Waals surface area contributed by atoms with Gasteiger partial charge in [0, 0.05) is 12.6 Å². The van der Waals surface area contributed by atoms with Gasteiger partial charge in [0.15, 0.2) is 0 Å². The second kappa shape index (κ2) is 6.41. The van der Waals surface area contributed by atoms with E-state index in [1.54, 1.807) is 0 Å². The van der Waals surface area contributed by atoms with Gasteiger partial charge in [-0.05, 0) is 42.7 Å². The number of nitrogens with zero attached hydrogens (tertiary/aromatic N) is 2. The van der Waals surface area contributed by atoms with Crippen molar-refractivity contribution in [1.29, 1.82) is 0 Å². The van der Waals surface area contributed by atoms with Gasteiger partial charge in [-0.25, -0.2) is 9.29 Å². The molecule has 0 N–H and O–H groups in total. The molecule has 25 heavy (non-hydrogen) atoms. The zero-order valence-corrected chi connectivity index (χ0v) is 13.8. The van der Waals surface area contributed by atoms with Gasteiger partial charge in [0.1, 0.15) is 5.82 Å². The minimum atomic E-state index is -0.440. The maximum absolute atomic E-state index is 13.1. The highest BCUT2D eigenvalue weighted by molar-refractivity contribution is 6.22. The SMILES string of the molecule is O=C1C[C@H](N(Cc2ccccc2)C2CC2)C(=O)N1c1ccc(F)cc1. The summed E-state index contributed by atoms with van der Waals surface area (Å²) in [7, 11) is 0. The number of anilines is 1. The van der Waals surface area contributed by atoms with Gasteiger partial charge >= 0.3 is 0 Å². The number of halogens is 1. The Labute approximate surface area is 145 Å². The van der Waals surface area contributed by atoms with E-state index in [-0.39, 0.29) is 24.1 Å². The molecular formula is C20H19FN2O2. The number of rotatable bonds is 5. The first kappa shape index (κ1) is 16.0. The molecule has 0 spiro atoms. The van der Waals surface area contributed by atoms with Crippen LogP contribution in [0.2, 0.25) is 0 Å². The quantitative estimate of drug-likeness (QED) is 0.787. The van der Waals surface area contributed by atoms with E-state index in [1.807, 2.05) is 30.3 Å². The molecule has 2 aromatic carbocycles. The van der Waals surface area contributed by atoms with Crippen LogP contribution in [0.25, 0.3) is 0 Å². The van der Waals surface area contributed by atoms with E-state index in [2.05, 4.69) is 4.90 Å². The maximum atomic E-state index is 13.1. The van der Waals surface area contributed by atoms with E-state index in [0.717, 1.165) is 18.4 Å².